The Morgan fingerprint density at radius 1 is 1.50 bits per heavy atom. The standard InChI is InChI=1S/C10H11Cl2NO/c1-2-7-5-13-9-4-6(11)3-8(12)10(9)14-7/h3-4,7,13H,2,5H2,1H3. The monoisotopic (exact) mass is 231 g/mol. The molecule has 4 heteroatoms. The summed E-state index contributed by atoms with van der Waals surface area (Å²) in [4.78, 5) is 0. The lowest BCUT2D eigenvalue weighted by Crippen LogP contribution is -2.30. The second kappa shape index (κ2) is 3.87. The predicted octanol–water partition coefficient (Wildman–Crippen LogP) is 3.58. The minimum absolute atomic E-state index is 0.196. The maximum atomic E-state index is 6.02. The number of benzene rings is 1. The smallest absolute Gasteiger partial charge is 0.161 e. The SMILES string of the molecule is CCC1CNc2cc(Cl)cc(Cl)c2O1. The van der Waals surface area contributed by atoms with Crippen molar-refractivity contribution in [2.75, 3.05) is 11.9 Å². The molecule has 14 heavy (non-hydrogen) atoms. The summed E-state index contributed by atoms with van der Waals surface area (Å²) in [7, 11) is 0. The third-order valence-corrected chi connectivity index (χ3v) is 2.77. The van der Waals surface area contributed by atoms with Crippen molar-refractivity contribution in [3.8, 4) is 5.75 Å². The summed E-state index contributed by atoms with van der Waals surface area (Å²) in [5, 5.41) is 4.44. The summed E-state index contributed by atoms with van der Waals surface area (Å²) in [5.74, 6) is 0.717. The molecule has 0 radical (unpaired) electrons. The van der Waals surface area contributed by atoms with Gasteiger partial charge < -0.3 is 10.1 Å². The minimum atomic E-state index is 0.196. The molecular formula is C10H11Cl2NO. The summed E-state index contributed by atoms with van der Waals surface area (Å²) >= 11 is 11.9. The van der Waals surface area contributed by atoms with Crippen LogP contribution in [0.2, 0.25) is 10.0 Å². The van der Waals surface area contributed by atoms with Crippen LogP contribution in [0.4, 0.5) is 5.69 Å². The van der Waals surface area contributed by atoms with E-state index in [4.69, 9.17) is 27.9 Å². The predicted molar refractivity (Wildman–Crippen MR) is 59.7 cm³/mol. The quantitative estimate of drug-likeness (QED) is 0.798. The van der Waals surface area contributed by atoms with Gasteiger partial charge in [-0.15, -0.1) is 0 Å². The van der Waals surface area contributed by atoms with Gasteiger partial charge in [-0.05, 0) is 18.6 Å². The number of hydrogen-bond donors (Lipinski definition) is 1. The van der Waals surface area contributed by atoms with Gasteiger partial charge in [-0.2, -0.15) is 0 Å². The highest BCUT2D eigenvalue weighted by Crippen LogP contribution is 2.39. The van der Waals surface area contributed by atoms with Crippen molar-refractivity contribution in [2.24, 2.45) is 0 Å². The molecule has 1 aliphatic rings. The van der Waals surface area contributed by atoms with E-state index in [0.29, 0.717) is 15.8 Å². The van der Waals surface area contributed by atoms with Crippen molar-refractivity contribution >= 4 is 28.9 Å². The molecule has 1 unspecified atom stereocenters. The maximum Gasteiger partial charge on any atom is 0.161 e. The fourth-order valence-corrected chi connectivity index (χ4v) is 2.01. The third-order valence-electron chi connectivity index (χ3n) is 2.27. The second-order valence-corrected chi connectivity index (χ2v) is 4.14. The highest BCUT2D eigenvalue weighted by molar-refractivity contribution is 6.36. The molecule has 0 aliphatic carbocycles. The van der Waals surface area contributed by atoms with Gasteiger partial charge in [0.2, 0.25) is 0 Å². The lowest BCUT2D eigenvalue weighted by molar-refractivity contribution is 0.202. The van der Waals surface area contributed by atoms with Crippen LogP contribution < -0.4 is 10.1 Å². The molecule has 76 valence electrons. The molecule has 0 spiro atoms. The van der Waals surface area contributed by atoms with E-state index in [-0.39, 0.29) is 6.10 Å². The molecule has 0 aromatic heterocycles. The Balaban J connectivity index is 2.37. The molecule has 0 amide bonds. The molecule has 1 atom stereocenters. The van der Waals surface area contributed by atoms with Gasteiger partial charge >= 0.3 is 0 Å². The molecule has 1 aliphatic heterocycles. The van der Waals surface area contributed by atoms with Gasteiger partial charge in [-0.1, -0.05) is 30.1 Å². The van der Waals surface area contributed by atoms with Gasteiger partial charge in [0.25, 0.3) is 0 Å². The van der Waals surface area contributed by atoms with Crippen molar-refractivity contribution in [3.05, 3.63) is 22.2 Å². The van der Waals surface area contributed by atoms with Crippen molar-refractivity contribution in [1.29, 1.82) is 0 Å². The first-order valence-electron chi connectivity index (χ1n) is 4.60. The van der Waals surface area contributed by atoms with Gasteiger partial charge in [0, 0.05) is 5.02 Å². The Morgan fingerprint density at radius 2 is 2.29 bits per heavy atom. The average Bonchev–Trinajstić information content (AvgIpc) is 2.17. The van der Waals surface area contributed by atoms with Crippen LogP contribution in [0.5, 0.6) is 5.75 Å². The normalized spacial score (nSPS) is 19.5. The van der Waals surface area contributed by atoms with Crippen LogP contribution in [-0.2, 0) is 0 Å². The van der Waals surface area contributed by atoms with E-state index in [9.17, 15) is 0 Å². The maximum absolute atomic E-state index is 6.02. The first-order valence-corrected chi connectivity index (χ1v) is 5.36. The summed E-state index contributed by atoms with van der Waals surface area (Å²) in [6.07, 6.45) is 1.16. The van der Waals surface area contributed by atoms with Crippen LogP contribution in [0.3, 0.4) is 0 Å². The number of ether oxygens (including phenoxy) is 1. The van der Waals surface area contributed by atoms with E-state index in [1.807, 2.05) is 6.07 Å². The molecule has 1 aromatic carbocycles. The molecule has 0 fully saturated rings. The lowest BCUT2D eigenvalue weighted by Gasteiger charge is -2.27. The summed E-state index contributed by atoms with van der Waals surface area (Å²) in [5.41, 5.74) is 0.882. The number of rotatable bonds is 1. The van der Waals surface area contributed by atoms with Gasteiger partial charge in [-0.25, -0.2) is 0 Å². The van der Waals surface area contributed by atoms with E-state index in [0.717, 1.165) is 18.7 Å². The Morgan fingerprint density at radius 3 is 3.00 bits per heavy atom. The highest BCUT2D eigenvalue weighted by Gasteiger charge is 2.20. The van der Waals surface area contributed by atoms with Crippen molar-refractivity contribution in [3.63, 3.8) is 0 Å². The molecule has 2 nitrogen and oxygen atoms in total. The van der Waals surface area contributed by atoms with E-state index >= 15 is 0 Å². The number of fused-ring (bicyclic) bond motifs is 1. The first-order chi connectivity index (χ1) is 6.70. The van der Waals surface area contributed by atoms with Gasteiger partial charge in [0.15, 0.2) is 5.75 Å². The van der Waals surface area contributed by atoms with Gasteiger partial charge in [0.1, 0.15) is 6.10 Å². The van der Waals surface area contributed by atoms with E-state index < -0.39 is 0 Å². The Kier molecular flexibility index (Phi) is 2.75. The van der Waals surface area contributed by atoms with Crippen LogP contribution >= 0.6 is 23.2 Å². The highest BCUT2D eigenvalue weighted by atomic mass is 35.5. The summed E-state index contributed by atoms with van der Waals surface area (Å²) in [6, 6.07) is 3.52. The fraction of sp³-hybridized carbons (Fsp3) is 0.400. The molecule has 0 saturated heterocycles. The Hall–Kier alpha value is -0.600. The third kappa shape index (κ3) is 1.77. The summed E-state index contributed by atoms with van der Waals surface area (Å²) in [6.45, 7) is 2.89. The number of halogens is 2. The molecule has 2 rings (SSSR count). The van der Waals surface area contributed by atoms with E-state index in [1.165, 1.54) is 0 Å². The van der Waals surface area contributed by atoms with Gasteiger partial charge in [0.05, 0.1) is 17.3 Å². The molecular weight excluding hydrogens is 221 g/mol. The van der Waals surface area contributed by atoms with Crippen LogP contribution in [0.15, 0.2) is 12.1 Å². The lowest BCUT2D eigenvalue weighted by atomic mass is 10.2. The fourth-order valence-electron chi connectivity index (χ4n) is 1.47. The largest absolute Gasteiger partial charge is 0.485 e. The Labute approximate surface area is 93.2 Å². The number of hydrogen-bond acceptors (Lipinski definition) is 2. The molecule has 1 N–H and O–H groups in total. The molecule has 0 saturated carbocycles. The van der Waals surface area contributed by atoms with Crippen LogP contribution in [-0.4, -0.2) is 12.6 Å². The van der Waals surface area contributed by atoms with Crippen LogP contribution in [0, 0.1) is 0 Å². The van der Waals surface area contributed by atoms with Crippen LogP contribution in [0.1, 0.15) is 13.3 Å². The molecule has 1 aromatic rings. The van der Waals surface area contributed by atoms with Crippen LogP contribution in [0.25, 0.3) is 0 Å². The zero-order valence-electron chi connectivity index (χ0n) is 7.81. The minimum Gasteiger partial charge on any atom is -0.485 e. The van der Waals surface area contributed by atoms with E-state index in [1.54, 1.807) is 6.07 Å². The van der Waals surface area contributed by atoms with E-state index in [2.05, 4.69) is 12.2 Å². The second-order valence-electron chi connectivity index (χ2n) is 3.29. The Bertz CT molecular complexity index is 354. The van der Waals surface area contributed by atoms with Crippen molar-refractivity contribution in [1.82, 2.24) is 0 Å². The first kappa shape index (κ1) is 9.94. The van der Waals surface area contributed by atoms with Crippen molar-refractivity contribution in [2.45, 2.75) is 19.4 Å². The summed E-state index contributed by atoms with van der Waals surface area (Å²) < 4.78 is 5.71. The van der Waals surface area contributed by atoms with Gasteiger partial charge in [-0.3, -0.25) is 0 Å². The number of anilines is 1. The average molecular weight is 232 g/mol. The number of nitrogens with one attached hydrogen (secondary N) is 1. The molecule has 0 bridgehead atoms. The zero-order chi connectivity index (χ0) is 10.1. The van der Waals surface area contributed by atoms with Crippen molar-refractivity contribution < 1.29 is 4.74 Å². The zero-order valence-corrected chi connectivity index (χ0v) is 9.32. The topological polar surface area (TPSA) is 21.3 Å². The molecule has 1 heterocycles.